The molecule has 0 heterocycles. The van der Waals surface area contributed by atoms with E-state index >= 15 is 0 Å². The number of hydrogen-bond acceptors (Lipinski definition) is 3. The smallest absolute Gasteiger partial charge is 0.328 e. The topological polar surface area (TPSA) is 116 Å². The number of hydrazine groups is 1. The fraction of sp³-hybridized carbons (Fsp3) is 0.600. The third kappa shape index (κ3) is 2.42. The van der Waals surface area contributed by atoms with E-state index in [1.807, 2.05) is 0 Å². The van der Waals surface area contributed by atoms with Crippen LogP contribution in [0.1, 0.15) is 13.3 Å². The van der Waals surface area contributed by atoms with Gasteiger partial charge in [-0.05, 0) is 6.42 Å². The fourth-order valence-electron chi connectivity index (χ4n) is 0.658. The van der Waals surface area contributed by atoms with Crippen LogP contribution < -0.4 is 11.6 Å². The van der Waals surface area contributed by atoms with Crippen molar-refractivity contribution in [2.24, 2.45) is 11.6 Å². The molecule has 0 saturated heterocycles. The zero-order valence-corrected chi connectivity index (χ0v) is 6.24. The largest absolute Gasteiger partial charge is 0.480 e. The predicted octanol–water partition coefficient (Wildman–Crippen LogP) is -1.08. The first-order valence-corrected chi connectivity index (χ1v) is 3.11. The summed E-state index contributed by atoms with van der Waals surface area (Å²) in [6.45, 7) is 1.65. The van der Waals surface area contributed by atoms with Gasteiger partial charge in [-0.15, -0.1) is 0 Å². The lowest BCUT2D eigenvalue weighted by atomic mass is 10.2. The molecule has 6 nitrogen and oxygen atoms in total. The van der Waals surface area contributed by atoms with E-state index in [1.54, 1.807) is 6.92 Å². The summed E-state index contributed by atoms with van der Waals surface area (Å²) in [4.78, 5) is 10.4. The van der Waals surface area contributed by atoms with Crippen LogP contribution >= 0.6 is 0 Å². The maximum atomic E-state index is 10.4. The molecular formula is C5H12N4O2. The summed E-state index contributed by atoms with van der Waals surface area (Å²) >= 11 is 0. The van der Waals surface area contributed by atoms with Crippen LogP contribution in [-0.4, -0.2) is 28.1 Å². The normalized spacial score (nSPS) is 12.2. The van der Waals surface area contributed by atoms with Crippen molar-refractivity contribution in [2.75, 3.05) is 0 Å². The van der Waals surface area contributed by atoms with E-state index < -0.39 is 18.0 Å². The van der Waals surface area contributed by atoms with Gasteiger partial charge in [-0.3, -0.25) is 10.4 Å². The highest BCUT2D eigenvalue weighted by molar-refractivity contribution is 5.82. The maximum Gasteiger partial charge on any atom is 0.328 e. The summed E-state index contributed by atoms with van der Waals surface area (Å²) in [5.41, 5.74) is 4.97. The van der Waals surface area contributed by atoms with Gasteiger partial charge in [0.2, 0.25) is 5.96 Å². The lowest BCUT2D eigenvalue weighted by Gasteiger charge is -2.22. The summed E-state index contributed by atoms with van der Waals surface area (Å²) in [7, 11) is 0. The number of nitrogens with one attached hydrogen (secondary N) is 1. The van der Waals surface area contributed by atoms with Crippen LogP contribution in [0.3, 0.4) is 0 Å². The average Bonchev–Trinajstić information content (AvgIpc) is 1.88. The van der Waals surface area contributed by atoms with Crippen molar-refractivity contribution in [2.45, 2.75) is 19.4 Å². The lowest BCUT2D eigenvalue weighted by Crippen LogP contribution is -2.52. The number of rotatable bonds is 3. The zero-order valence-electron chi connectivity index (χ0n) is 6.24. The van der Waals surface area contributed by atoms with Gasteiger partial charge in [0.1, 0.15) is 6.04 Å². The van der Waals surface area contributed by atoms with Crippen LogP contribution in [0.15, 0.2) is 0 Å². The molecule has 0 saturated carbocycles. The minimum absolute atomic E-state index is 0.311. The van der Waals surface area contributed by atoms with Crippen molar-refractivity contribution >= 4 is 11.9 Å². The molecular weight excluding hydrogens is 148 g/mol. The van der Waals surface area contributed by atoms with Crippen molar-refractivity contribution < 1.29 is 9.90 Å². The number of nitrogens with zero attached hydrogens (tertiary/aromatic N) is 1. The lowest BCUT2D eigenvalue weighted by molar-refractivity contribution is -0.142. The second-order valence-electron chi connectivity index (χ2n) is 2.05. The van der Waals surface area contributed by atoms with Crippen molar-refractivity contribution in [1.82, 2.24) is 5.01 Å². The molecule has 0 radical (unpaired) electrons. The number of nitrogens with two attached hydrogens (primary N) is 2. The number of guanidine groups is 1. The third-order valence-electron chi connectivity index (χ3n) is 1.29. The van der Waals surface area contributed by atoms with Crippen molar-refractivity contribution in [3.05, 3.63) is 0 Å². The van der Waals surface area contributed by atoms with Gasteiger partial charge in [0, 0.05) is 0 Å². The summed E-state index contributed by atoms with van der Waals surface area (Å²) in [5, 5.41) is 16.1. The molecule has 64 valence electrons. The van der Waals surface area contributed by atoms with Crippen LogP contribution in [-0.2, 0) is 4.79 Å². The maximum absolute atomic E-state index is 10.4. The summed E-state index contributed by atoms with van der Waals surface area (Å²) < 4.78 is 0. The molecule has 0 amide bonds. The van der Waals surface area contributed by atoms with Crippen LogP contribution in [0.5, 0.6) is 0 Å². The molecule has 1 unspecified atom stereocenters. The molecule has 0 aliphatic rings. The molecule has 0 bridgehead atoms. The van der Waals surface area contributed by atoms with Gasteiger partial charge in [-0.2, -0.15) is 0 Å². The molecule has 0 aliphatic carbocycles. The van der Waals surface area contributed by atoms with E-state index in [1.165, 1.54) is 0 Å². The molecule has 0 spiro atoms. The first-order chi connectivity index (χ1) is 5.00. The van der Waals surface area contributed by atoms with Gasteiger partial charge in [0.05, 0.1) is 0 Å². The van der Waals surface area contributed by atoms with Gasteiger partial charge < -0.3 is 10.8 Å². The standard InChI is InChI=1S/C5H12N4O2/c1-2-3(4(10)11)9(8)5(6)7/h3H,2,8H2,1H3,(H3,6,7)(H,10,11). The van der Waals surface area contributed by atoms with Crippen LogP contribution in [0, 0.1) is 5.41 Å². The van der Waals surface area contributed by atoms with Gasteiger partial charge in [0.15, 0.2) is 0 Å². The number of hydrogen-bond donors (Lipinski definition) is 4. The molecule has 1 atom stereocenters. The van der Waals surface area contributed by atoms with Gasteiger partial charge >= 0.3 is 5.97 Å². The van der Waals surface area contributed by atoms with E-state index in [0.717, 1.165) is 5.01 Å². The van der Waals surface area contributed by atoms with Crippen molar-refractivity contribution in [3.8, 4) is 0 Å². The van der Waals surface area contributed by atoms with E-state index in [-0.39, 0.29) is 0 Å². The Bertz CT molecular complexity index is 170. The second-order valence-corrected chi connectivity index (χ2v) is 2.05. The zero-order chi connectivity index (χ0) is 9.02. The Morgan fingerprint density at radius 2 is 2.27 bits per heavy atom. The number of carboxylic acids is 1. The van der Waals surface area contributed by atoms with Crippen LogP contribution in [0.25, 0.3) is 0 Å². The Balaban J connectivity index is 4.25. The number of aliphatic carboxylic acids is 1. The molecule has 0 aromatic carbocycles. The van der Waals surface area contributed by atoms with Gasteiger partial charge in [-0.25, -0.2) is 10.6 Å². The molecule has 11 heavy (non-hydrogen) atoms. The molecule has 6 N–H and O–H groups in total. The summed E-state index contributed by atoms with van der Waals surface area (Å²) in [5.74, 6) is 3.65. The Morgan fingerprint density at radius 3 is 2.36 bits per heavy atom. The first kappa shape index (κ1) is 9.70. The van der Waals surface area contributed by atoms with Crippen LogP contribution in [0.4, 0.5) is 0 Å². The Kier molecular flexibility index (Phi) is 3.32. The average molecular weight is 160 g/mol. The van der Waals surface area contributed by atoms with E-state index in [0.29, 0.717) is 6.42 Å². The van der Waals surface area contributed by atoms with E-state index in [4.69, 9.17) is 22.1 Å². The fourth-order valence-corrected chi connectivity index (χ4v) is 0.658. The minimum Gasteiger partial charge on any atom is -0.480 e. The Hall–Kier alpha value is -1.30. The quantitative estimate of drug-likeness (QED) is 0.181. The Morgan fingerprint density at radius 1 is 1.82 bits per heavy atom. The van der Waals surface area contributed by atoms with E-state index in [2.05, 4.69) is 0 Å². The summed E-state index contributed by atoms with van der Waals surface area (Å²) in [6.07, 6.45) is 0.311. The predicted molar refractivity (Wildman–Crippen MR) is 39.7 cm³/mol. The van der Waals surface area contributed by atoms with Gasteiger partial charge in [-0.1, -0.05) is 6.92 Å². The molecule has 0 aromatic heterocycles. The van der Waals surface area contributed by atoms with E-state index in [9.17, 15) is 4.79 Å². The van der Waals surface area contributed by atoms with Crippen molar-refractivity contribution in [3.63, 3.8) is 0 Å². The molecule has 0 rings (SSSR count). The van der Waals surface area contributed by atoms with Crippen LogP contribution in [0.2, 0.25) is 0 Å². The second kappa shape index (κ2) is 3.77. The SMILES string of the molecule is CCC(C(=O)O)N(N)C(=N)N. The third-order valence-corrected chi connectivity index (χ3v) is 1.29. The highest BCUT2D eigenvalue weighted by Crippen LogP contribution is 1.97. The first-order valence-electron chi connectivity index (χ1n) is 3.11. The summed E-state index contributed by atoms with van der Waals surface area (Å²) in [6, 6.07) is -0.910. The monoisotopic (exact) mass is 160 g/mol. The highest BCUT2D eigenvalue weighted by atomic mass is 16.4. The molecule has 6 heteroatoms. The molecule has 0 fully saturated rings. The minimum atomic E-state index is -1.08. The highest BCUT2D eigenvalue weighted by Gasteiger charge is 2.21. The van der Waals surface area contributed by atoms with Gasteiger partial charge in [0.25, 0.3) is 0 Å². The number of carboxylic acid groups (broad SMARTS) is 1. The Labute approximate surface area is 64.2 Å². The molecule has 0 aliphatic heterocycles. The molecule has 0 aromatic rings. The number of carbonyl (C=O) groups is 1. The van der Waals surface area contributed by atoms with Crippen molar-refractivity contribution in [1.29, 1.82) is 5.41 Å².